The van der Waals surface area contributed by atoms with Gasteiger partial charge in [-0.2, -0.15) is 5.26 Å². The number of hydrogen-bond donors (Lipinski definition) is 1. The molecule has 0 aliphatic heterocycles. The Labute approximate surface area is 207 Å². The van der Waals surface area contributed by atoms with Gasteiger partial charge >= 0.3 is 0 Å². The number of nitriles is 1. The highest BCUT2D eigenvalue weighted by atomic mass is 16.5. The van der Waals surface area contributed by atoms with Crippen LogP contribution in [0.1, 0.15) is 22.4 Å². The normalized spacial score (nSPS) is 12.8. The van der Waals surface area contributed by atoms with Crippen LogP contribution in [-0.2, 0) is 19.6 Å². The number of nitrogens with zero attached hydrogens (tertiary/aromatic N) is 5. The van der Waals surface area contributed by atoms with Crippen molar-refractivity contribution in [1.82, 2.24) is 19.1 Å². The standard InChI is InChI=1S/C28H24N6O2/c1-33-17-31-16-25(33)28(30,19-9-7-18(15-29)8-10-19)20-11-12-24-22(13-20)21(14-27(35)34(24)2)23-5-4-6-26(32-23)36-3/h4-14,16-17H,30H2,1-3H3/t28-/m1/s1. The zero-order valence-electron chi connectivity index (χ0n) is 20.1. The van der Waals surface area contributed by atoms with E-state index in [1.54, 1.807) is 55.5 Å². The zero-order chi connectivity index (χ0) is 25.4. The van der Waals surface area contributed by atoms with Gasteiger partial charge in [-0.05, 0) is 41.5 Å². The number of nitrogens with two attached hydrogens (primary N) is 1. The Bertz CT molecular complexity index is 1690. The first-order valence-electron chi connectivity index (χ1n) is 11.3. The lowest BCUT2D eigenvalue weighted by molar-refractivity contribution is 0.398. The summed E-state index contributed by atoms with van der Waals surface area (Å²) in [5.74, 6) is 0.457. The van der Waals surface area contributed by atoms with Crippen molar-refractivity contribution in [2.45, 2.75) is 5.54 Å². The Hall–Kier alpha value is -4.74. The number of pyridine rings is 2. The average molecular weight is 477 g/mol. The fourth-order valence-corrected chi connectivity index (χ4v) is 4.60. The molecule has 5 aromatic rings. The molecular weight excluding hydrogens is 452 g/mol. The molecule has 0 unspecified atom stereocenters. The largest absolute Gasteiger partial charge is 0.481 e. The predicted octanol–water partition coefficient (Wildman–Crippen LogP) is 3.46. The molecule has 3 heterocycles. The van der Waals surface area contributed by atoms with Gasteiger partial charge in [0.2, 0.25) is 5.88 Å². The predicted molar refractivity (Wildman–Crippen MR) is 137 cm³/mol. The van der Waals surface area contributed by atoms with Crippen LogP contribution in [0.4, 0.5) is 0 Å². The molecule has 8 heteroatoms. The number of fused-ring (bicyclic) bond motifs is 1. The number of ether oxygens (including phenoxy) is 1. The first kappa shape index (κ1) is 23.0. The highest BCUT2D eigenvalue weighted by Gasteiger charge is 2.35. The summed E-state index contributed by atoms with van der Waals surface area (Å²) in [5.41, 5.74) is 11.0. The van der Waals surface area contributed by atoms with Crippen molar-refractivity contribution < 1.29 is 4.74 Å². The van der Waals surface area contributed by atoms with Gasteiger partial charge in [-0.1, -0.05) is 24.3 Å². The van der Waals surface area contributed by atoms with Gasteiger partial charge in [-0.15, -0.1) is 0 Å². The van der Waals surface area contributed by atoms with E-state index >= 15 is 0 Å². The van der Waals surface area contributed by atoms with Gasteiger partial charge in [-0.25, -0.2) is 9.97 Å². The summed E-state index contributed by atoms with van der Waals surface area (Å²) >= 11 is 0. The van der Waals surface area contributed by atoms with E-state index in [1.807, 2.05) is 54.1 Å². The molecule has 5 rings (SSSR count). The molecule has 0 saturated carbocycles. The van der Waals surface area contributed by atoms with Crippen LogP contribution in [-0.4, -0.2) is 26.2 Å². The molecule has 36 heavy (non-hydrogen) atoms. The van der Waals surface area contributed by atoms with Crippen molar-refractivity contribution in [3.05, 3.63) is 112 Å². The minimum Gasteiger partial charge on any atom is -0.481 e. The van der Waals surface area contributed by atoms with Crippen LogP contribution in [0, 0.1) is 11.3 Å². The molecule has 0 aliphatic carbocycles. The van der Waals surface area contributed by atoms with Crippen molar-refractivity contribution >= 4 is 10.9 Å². The van der Waals surface area contributed by atoms with Crippen molar-refractivity contribution in [3.63, 3.8) is 0 Å². The number of hydrogen-bond acceptors (Lipinski definition) is 6. The van der Waals surface area contributed by atoms with Gasteiger partial charge < -0.3 is 19.6 Å². The Morgan fingerprint density at radius 2 is 1.78 bits per heavy atom. The molecule has 0 fully saturated rings. The van der Waals surface area contributed by atoms with Gasteiger partial charge in [0.25, 0.3) is 5.56 Å². The highest BCUT2D eigenvalue weighted by Crippen LogP contribution is 2.37. The summed E-state index contributed by atoms with van der Waals surface area (Å²) in [6.07, 6.45) is 3.45. The quantitative estimate of drug-likeness (QED) is 0.416. The SMILES string of the molecule is COc1cccc(-c2cc(=O)n(C)c3ccc([C@](N)(c4ccc(C#N)cc4)c4cncn4C)cc23)n1. The van der Waals surface area contributed by atoms with E-state index in [-0.39, 0.29) is 5.56 Å². The van der Waals surface area contributed by atoms with Crippen LogP contribution in [0.5, 0.6) is 5.88 Å². The Morgan fingerprint density at radius 1 is 1.03 bits per heavy atom. The first-order chi connectivity index (χ1) is 17.4. The van der Waals surface area contributed by atoms with Crippen LogP contribution in [0.3, 0.4) is 0 Å². The number of rotatable bonds is 5. The number of aromatic nitrogens is 4. The Balaban J connectivity index is 1.82. The lowest BCUT2D eigenvalue weighted by Gasteiger charge is -2.31. The minimum atomic E-state index is -1.08. The number of imidazole rings is 1. The van der Waals surface area contributed by atoms with E-state index in [9.17, 15) is 10.1 Å². The second-order valence-corrected chi connectivity index (χ2v) is 8.64. The molecule has 0 amide bonds. The molecule has 1 atom stereocenters. The summed E-state index contributed by atoms with van der Waals surface area (Å²) in [5, 5.41) is 10.1. The monoisotopic (exact) mass is 476 g/mol. The second kappa shape index (κ2) is 8.80. The molecule has 0 saturated heterocycles. The maximum Gasteiger partial charge on any atom is 0.251 e. The molecule has 0 bridgehead atoms. The summed E-state index contributed by atoms with van der Waals surface area (Å²) < 4.78 is 8.80. The lowest BCUT2D eigenvalue weighted by Crippen LogP contribution is -2.41. The number of benzene rings is 2. The van der Waals surface area contributed by atoms with E-state index in [2.05, 4.69) is 16.0 Å². The smallest absolute Gasteiger partial charge is 0.251 e. The van der Waals surface area contributed by atoms with Crippen molar-refractivity contribution in [2.75, 3.05) is 7.11 Å². The van der Waals surface area contributed by atoms with Gasteiger partial charge in [0, 0.05) is 37.2 Å². The van der Waals surface area contributed by atoms with Crippen molar-refractivity contribution in [3.8, 4) is 23.2 Å². The molecule has 178 valence electrons. The van der Waals surface area contributed by atoms with Crippen LogP contribution in [0.15, 0.2) is 84.0 Å². The third kappa shape index (κ3) is 3.63. The fraction of sp³-hybridized carbons (Fsp3) is 0.143. The van der Waals surface area contributed by atoms with Crippen LogP contribution in [0.2, 0.25) is 0 Å². The van der Waals surface area contributed by atoms with E-state index in [1.165, 1.54) is 0 Å². The van der Waals surface area contributed by atoms with Gasteiger partial charge in [0.1, 0.15) is 5.54 Å². The Kier molecular flexibility index (Phi) is 5.63. The maximum absolute atomic E-state index is 12.8. The van der Waals surface area contributed by atoms with E-state index < -0.39 is 5.54 Å². The van der Waals surface area contributed by atoms with Crippen molar-refractivity contribution in [2.24, 2.45) is 19.8 Å². The topological polar surface area (TPSA) is 112 Å². The molecular formula is C28H24N6O2. The second-order valence-electron chi connectivity index (χ2n) is 8.64. The molecule has 0 spiro atoms. The summed E-state index contributed by atoms with van der Waals surface area (Å²) in [6, 6.07) is 22.2. The number of aryl methyl sites for hydroxylation is 2. The highest BCUT2D eigenvalue weighted by molar-refractivity contribution is 5.94. The van der Waals surface area contributed by atoms with Crippen LogP contribution >= 0.6 is 0 Å². The fourth-order valence-electron chi connectivity index (χ4n) is 4.60. The third-order valence-electron chi connectivity index (χ3n) is 6.60. The number of methoxy groups -OCH3 is 1. The molecule has 2 aromatic carbocycles. The Morgan fingerprint density at radius 3 is 2.44 bits per heavy atom. The lowest BCUT2D eigenvalue weighted by atomic mass is 9.80. The van der Waals surface area contributed by atoms with E-state index in [0.29, 0.717) is 22.7 Å². The zero-order valence-corrected chi connectivity index (χ0v) is 20.1. The van der Waals surface area contributed by atoms with Crippen LogP contribution < -0.4 is 16.0 Å². The van der Waals surface area contributed by atoms with Gasteiger partial charge in [0.05, 0.1) is 48.2 Å². The van der Waals surface area contributed by atoms with Gasteiger partial charge in [-0.3, -0.25) is 4.79 Å². The van der Waals surface area contributed by atoms with E-state index in [0.717, 1.165) is 27.7 Å². The minimum absolute atomic E-state index is 0.146. The van der Waals surface area contributed by atoms with E-state index in [4.69, 9.17) is 10.5 Å². The third-order valence-corrected chi connectivity index (χ3v) is 6.60. The molecule has 0 radical (unpaired) electrons. The molecule has 0 aliphatic rings. The summed E-state index contributed by atoms with van der Waals surface area (Å²) in [6.45, 7) is 0. The molecule has 2 N–H and O–H groups in total. The summed E-state index contributed by atoms with van der Waals surface area (Å²) in [4.78, 5) is 21.7. The average Bonchev–Trinajstić information content (AvgIpc) is 3.36. The molecule has 8 nitrogen and oxygen atoms in total. The first-order valence-corrected chi connectivity index (χ1v) is 11.3. The van der Waals surface area contributed by atoms with Crippen molar-refractivity contribution in [1.29, 1.82) is 5.26 Å². The maximum atomic E-state index is 12.8. The molecule has 3 aromatic heterocycles. The summed E-state index contributed by atoms with van der Waals surface area (Å²) in [7, 11) is 5.19. The van der Waals surface area contributed by atoms with Crippen LogP contribution in [0.25, 0.3) is 22.2 Å². The van der Waals surface area contributed by atoms with Gasteiger partial charge in [0.15, 0.2) is 0 Å².